The van der Waals surface area contributed by atoms with Crippen molar-refractivity contribution in [2.45, 2.75) is 59.2 Å². The average molecular weight is 256 g/mol. The van der Waals surface area contributed by atoms with E-state index in [1.165, 1.54) is 0 Å². The van der Waals surface area contributed by atoms with Gasteiger partial charge in [0.15, 0.2) is 0 Å². The molecule has 0 aromatic rings. The van der Waals surface area contributed by atoms with Gasteiger partial charge in [-0.25, -0.2) is 0 Å². The van der Waals surface area contributed by atoms with Crippen molar-refractivity contribution >= 4 is 5.91 Å². The van der Waals surface area contributed by atoms with Crippen LogP contribution in [0.25, 0.3) is 0 Å². The molecule has 0 bridgehead atoms. The number of nitrogens with zero attached hydrogens (tertiary/aromatic N) is 1. The highest BCUT2D eigenvalue weighted by molar-refractivity contribution is 5.84. The summed E-state index contributed by atoms with van der Waals surface area (Å²) >= 11 is 0. The summed E-state index contributed by atoms with van der Waals surface area (Å²) in [5, 5.41) is 3.43. The molecule has 1 rings (SSSR count). The Labute approximate surface area is 111 Å². The lowest BCUT2D eigenvalue weighted by Crippen LogP contribution is -2.42. The quantitative estimate of drug-likeness (QED) is 0.675. The first-order chi connectivity index (χ1) is 8.61. The third-order valence-corrected chi connectivity index (χ3v) is 3.36. The molecule has 0 spiro atoms. The fourth-order valence-electron chi connectivity index (χ4n) is 2.38. The summed E-state index contributed by atoms with van der Waals surface area (Å²) in [7, 11) is 0. The molecular weight excluding hydrogens is 228 g/mol. The second-order valence-electron chi connectivity index (χ2n) is 5.31. The molecule has 2 unspecified atom stereocenters. The molecule has 1 N–H and O–H groups in total. The van der Waals surface area contributed by atoms with Gasteiger partial charge in [0, 0.05) is 19.8 Å². The van der Waals surface area contributed by atoms with E-state index in [1.807, 2.05) is 4.90 Å². The molecule has 18 heavy (non-hydrogen) atoms. The number of hydrogen-bond acceptors (Lipinski definition) is 3. The lowest BCUT2D eigenvalue weighted by molar-refractivity contribution is -0.130. The zero-order valence-corrected chi connectivity index (χ0v) is 12.2. The molecule has 0 aromatic carbocycles. The Morgan fingerprint density at radius 3 is 2.61 bits per heavy atom. The molecule has 2 atom stereocenters. The van der Waals surface area contributed by atoms with Crippen molar-refractivity contribution in [3.8, 4) is 0 Å². The summed E-state index contributed by atoms with van der Waals surface area (Å²) in [6, 6.07) is 0.00830. The minimum atomic E-state index is 0.00830. The molecular formula is C14H28N2O2. The highest BCUT2D eigenvalue weighted by atomic mass is 16.5. The first-order valence-electron chi connectivity index (χ1n) is 7.26. The molecule has 1 saturated heterocycles. The molecule has 0 aliphatic carbocycles. The third-order valence-electron chi connectivity index (χ3n) is 3.36. The molecule has 106 valence electrons. The van der Waals surface area contributed by atoms with Gasteiger partial charge in [-0.05, 0) is 25.2 Å². The van der Waals surface area contributed by atoms with E-state index in [4.69, 9.17) is 4.74 Å². The van der Waals surface area contributed by atoms with Crippen molar-refractivity contribution in [2.24, 2.45) is 5.92 Å². The van der Waals surface area contributed by atoms with E-state index < -0.39 is 0 Å². The SMILES string of the molecule is CCCOCCCN1C(=O)C(CC)NC1C(C)C. The molecule has 1 aliphatic heterocycles. The molecule has 4 heteroatoms. The topological polar surface area (TPSA) is 41.6 Å². The normalized spacial score (nSPS) is 24.3. The van der Waals surface area contributed by atoms with Gasteiger partial charge in [0.25, 0.3) is 0 Å². The maximum absolute atomic E-state index is 12.2. The van der Waals surface area contributed by atoms with Crippen LogP contribution in [0.15, 0.2) is 0 Å². The molecule has 0 saturated carbocycles. The Kier molecular flexibility index (Phi) is 6.65. The van der Waals surface area contributed by atoms with E-state index in [0.29, 0.717) is 5.92 Å². The van der Waals surface area contributed by atoms with Crippen molar-refractivity contribution in [1.82, 2.24) is 10.2 Å². The van der Waals surface area contributed by atoms with Crippen molar-refractivity contribution in [1.29, 1.82) is 0 Å². The van der Waals surface area contributed by atoms with Gasteiger partial charge >= 0.3 is 0 Å². The van der Waals surface area contributed by atoms with E-state index in [1.54, 1.807) is 0 Å². The zero-order chi connectivity index (χ0) is 13.5. The highest BCUT2D eigenvalue weighted by Crippen LogP contribution is 2.19. The summed E-state index contributed by atoms with van der Waals surface area (Å²) < 4.78 is 5.47. The maximum Gasteiger partial charge on any atom is 0.241 e. The first kappa shape index (κ1) is 15.4. The molecule has 1 amide bonds. The minimum absolute atomic E-state index is 0.00830. The number of amides is 1. The Morgan fingerprint density at radius 2 is 2.06 bits per heavy atom. The Bertz CT molecular complexity index is 256. The fourth-order valence-corrected chi connectivity index (χ4v) is 2.38. The van der Waals surface area contributed by atoms with Crippen LogP contribution >= 0.6 is 0 Å². The molecule has 1 aliphatic rings. The lowest BCUT2D eigenvalue weighted by atomic mass is 10.1. The number of carbonyl (C=O) groups excluding carboxylic acids is 1. The van der Waals surface area contributed by atoms with E-state index in [0.717, 1.165) is 39.0 Å². The standard InChI is InChI=1S/C14H28N2O2/c1-5-9-18-10-7-8-16-13(11(3)4)15-12(6-2)14(16)17/h11-13,15H,5-10H2,1-4H3. The van der Waals surface area contributed by atoms with E-state index in [9.17, 15) is 4.79 Å². The molecule has 1 fully saturated rings. The third kappa shape index (κ3) is 3.95. The number of ether oxygens (including phenoxy) is 1. The average Bonchev–Trinajstić information content (AvgIpc) is 2.66. The van der Waals surface area contributed by atoms with E-state index in [-0.39, 0.29) is 18.1 Å². The van der Waals surface area contributed by atoms with Gasteiger partial charge in [0.2, 0.25) is 5.91 Å². The molecule has 1 heterocycles. The first-order valence-corrected chi connectivity index (χ1v) is 7.26. The predicted octanol–water partition coefficient (Wildman–Crippen LogP) is 2.00. The minimum Gasteiger partial charge on any atom is -0.381 e. The van der Waals surface area contributed by atoms with Crippen LogP contribution in [0.4, 0.5) is 0 Å². The van der Waals surface area contributed by atoms with Crippen molar-refractivity contribution in [3.05, 3.63) is 0 Å². The summed E-state index contributed by atoms with van der Waals surface area (Å²) in [4.78, 5) is 14.2. The largest absolute Gasteiger partial charge is 0.381 e. The Hall–Kier alpha value is -0.610. The molecule has 4 nitrogen and oxygen atoms in total. The summed E-state index contributed by atoms with van der Waals surface area (Å²) in [6.45, 7) is 10.8. The number of nitrogens with one attached hydrogen (secondary N) is 1. The van der Waals surface area contributed by atoms with Crippen molar-refractivity contribution in [3.63, 3.8) is 0 Å². The molecule has 0 radical (unpaired) electrons. The van der Waals surface area contributed by atoms with Gasteiger partial charge in [0.05, 0.1) is 12.2 Å². The van der Waals surface area contributed by atoms with Gasteiger partial charge in [-0.3, -0.25) is 10.1 Å². The summed E-state index contributed by atoms with van der Waals surface area (Å²) in [5.74, 6) is 0.703. The second kappa shape index (κ2) is 7.74. The van der Waals surface area contributed by atoms with Crippen LogP contribution in [0.3, 0.4) is 0 Å². The summed E-state index contributed by atoms with van der Waals surface area (Å²) in [5.41, 5.74) is 0. The van der Waals surface area contributed by atoms with Crippen LogP contribution in [-0.4, -0.2) is 42.8 Å². The van der Waals surface area contributed by atoms with Crippen LogP contribution in [0.2, 0.25) is 0 Å². The van der Waals surface area contributed by atoms with Crippen LogP contribution in [0.5, 0.6) is 0 Å². The lowest BCUT2D eigenvalue weighted by Gasteiger charge is -2.27. The Morgan fingerprint density at radius 1 is 1.33 bits per heavy atom. The maximum atomic E-state index is 12.2. The van der Waals surface area contributed by atoms with E-state index >= 15 is 0 Å². The number of carbonyl (C=O) groups is 1. The van der Waals surface area contributed by atoms with E-state index in [2.05, 4.69) is 33.0 Å². The summed E-state index contributed by atoms with van der Waals surface area (Å²) in [6.07, 6.45) is 3.03. The van der Waals surface area contributed by atoms with Gasteiger partial charge in [0.1, 0.15) is 0 Å². The monoisotopic (exact) mass is 256 g/mol. The second-order valence-corrected chi connectivity index (χ2v) is 5.31. The van der Waals surface area contributed by atoms with Crippen LogP contribution < -0.4 is 5.32 Å². The zero-order valence-electron chi connectivity index (χ0n) is 12.2. The van der Waals surface area contributed by atoms with Crippen LogP contribution in [0, 0.1) is 5.92 Å². The molecule has 0 aromatic heterocycles. The van der Waals surface area contributed by atoms with Gasteiger partial charge in [-0.1, -0.05) is 27.7 Å². The fraction of sp³-hybridized carbons (Fsp3) is 0.929. The smallest absolute Gasteiger partial charge is 0.241 e. The van der Waals surface area contributed by atoms with Gasteiger partial charge < -0.3 is 9.64 Å². The van der Waals surface area contributed by atoms with Gasteiger partial charge in [-0.15, -0.1) is 0 Å². The van der Waals surface area contributed by atoms with Gasteiger partial charge in [-0.2, -0.15) is 0 Å². The predicted molar refractivity (Wildman–Crippen MR) is 73.3 cm³/mol. The Balaban J connectivity index is 2.42. The highest BCUT2D eigenvalue weighted by Gasteiger charge is 2.38. The van der Waals surface area contributed by atoms with Crippen molar-refractivity contribution < 1.29 is 9.53 Å². The van der Waals surface area contributed by atoms with Crippen LogP contribution in [-0.2, 0) is 9.53 Å². The van der Waals surface area contributed by atoms with Crippen LogP contribution in [0.1, 0.15) is 47.0 Å². The number of hydrogen-bond donors (Lipinski definition) is 1. The number of rotatable bonds is 8. The van der Waals surface area contributed by atoms with Crippen molar-refractivity contribution in [2.75, 3.05) is 19.8 Å².